The lowest BCUT2D eigenvalue weighted by Gasteiger charge is -2.08. The maximum Gasteiger partial charge on any atom is 0.329 e. The number of carboxylic acid groups (broad SMARTS) is 1. The van der Waals surface area contributed by atoms with Gasteiger partial charge in [0, 0.05) is 13.1 Å². The zero-order valence-electron chi connectivity index (χ0n) is 10.6. The van der Waals surface area contributed by atoms with Gasteiger partial charge >= 0.3 is 5.97 Å². The fourth-order valence-electron chi connectivity index (χ4n) is 1.59. The van der Waals surface area contributed by atoms with Crippen LogP contribution in [-0.4, -0.2) is 36.7 Å². The molecule has 0 spiro atoms. The number of carbonyl (C=O) groups excluding carboxylic acids is 1. The Bertz CT molecular complexity index is 434. The van der Waals surface area contributed by atoms with Crippen molar-refractivity contribution in [2.45, 2.75) is 13.0 Å². The molecule has 1 aromatic carbocycles. The quantitative estimate of drug-likeness (QED) is 0.571. The van der Waals surface area contributed by atoms with Crippen LogP contribution in [0.25, 0.3) is 0 Å². The van der Waals surface area contributed by atoms with Gasteiger partial charge in [-0.25, -0.2) is 4.79 Å². The number of hydrogen-bond donors (Lipinski definition) is 3. The fraction of sp³-hybridized carbons (Fsp3) is 0.385. The van der Waals surface area contributed by atoms with Crippen molar-refractivity contribution in [3.63, 3.8) is 0 Å². The molecule has 0 saturated carbocycles. The summed E-state index contributed by atoms with van der Waals surface area (Å²) in [6, 6.07) is 7.49. The molecule has 4 N–H and O–H groups in total. The average molecular weight is 266 g/mol. The molecule has 1 aromatic rings. The second-order valence-corrected chi connectivity index (χ2v) is 3.95. The van der Waals surface area contributed by atoms with Crippen molar-refractivity contribution < 1.29 is 19.4 Å². The first-order chi connectivity index (χ1) is 9.13. The van der Waals surface area contributed by atoms with Crippen molar-refractivity contribution in [3.8, 4) is 0 Å². The molecule has 0 unspecified atom stereocenters. The first-order valence-corrected chi connectivity index (χ1v) is 5.96. The maximum absolute atomic E-state index is 11.7. The van der Waals surface area contributed by atoms with Gasteiger partial charge in [0.15, 0.2) is 0 Å². The molecule has 0 saturated heterocycles. The molecule has 0 radical (unpaired) electrons. The normalized spacial score (nSPS) is 10.2. The van der Waals surface area contributed by atoms with E-state index in [1.165, 1.54) is 0 Å². The number of carbonyl (C=O) groups is 2. The Balaban J connectivity index is 2.29. The maximum atomic E-state index is 11.7. The molecule has 0 bridgehead atoms. The highest BCUT2D eigenvalue weighted by Crippen LogP contribution is 2.08. The lowest BCUT2D eigenvalue weighted by atomic mass is 10.0. The average Bonchev–Trinajstić information content (AvgIpc) is 2.38. The third-order valence-electron chi connectivity index (χ3n) is 2.48. The minimum Gasteiger partial charge on any atom is -0.480 e. The summed E-state index contributed by atoms with van der Waals surface area (Å²) in [5, 5.41) is 11.0. The van der Waals surface area contributed by atoms with Gasteiger partial charge in [0.25, 0.3) is 0 Å². The van der Waals surface area contributed by atoms with E-state index in [4.69, 9.17) is 15.6 Å². The van der Waals surface area contributed by atoms with Crippen LogP contribution in [0.15, 0.2) is 24.3 Å². The van der Waals surface area contributed by atoms with Gasteiger partial charge in [-0.15, -0.1) is 0 Å². The Hall–Kier alpha value is -1.92. The number of nitrogens with two attached hydrogens (primary N) is 1. The molecule has 0 heterocycles. The Labute approximate surface area is 111 Å². The molecule has 0 aliphatic carbocycles. The number of ether oxygens (including phenoxy) is 1. The third-order valence-corrected chi connectivity index (χ3v) is 2.48. The molecule has 1 amide bonds. The van der Waals surface area contributed by atoms with E-state index in [9.17, 15) is 9.59 Å². The number of rotatable bonds is 8. The number of hydrogen-bond acceptors (Lipinski definition) is 4. The van der Waals surface area contributed by atoms with Crippen LogP contribution in [0.4, 0.5) is 0 Å². The lowest BCUT2D eigenvalue weighted by molar-refractivity contribution is -0.142. The molecule has 6 heteroatoms. The predicted molar refractivity (Wildman–Crippen MR) is 69.5 cm³/mol. The first-order valence-electron chi connectivity index (χ1n) is 5.96. The van der Waals surface area contributed by atoms with E-state index in [0.29, 0.717) is 6.54 Å². The van der Waals surface area contributed by atoms with Crippen molar-refractivity contribution in [1.29, 1.82) is 0 Å². The van der Waals surface area contributed by atoms with Crippen LogP contribution in [-0.2, 0) is 27.3 Å². The Morgan fingerprint density at radius 2 is 1.95 bits per heavy atom. The predicted octanol–water partition coefficient (Wildman–Crippen LogP) is -0.0948. The van der Waals surface area contributed by atoms with E-state index in [1.54, 1.807) is 0 Å². The first kappa shape index (κ1) is 15.1. The van der Waals surface area contributed by atoms with E-state index in [-0.39, 0.29) is 32.1 Å². The lowest BCUT2D eigenvalue weighted by Crippen LogP contribution is -2.29. The van der Waals surface area contributed by atoms with Crippen LogP contribution in [0.2, 0.25) is 0 Å². The summed E-state index contributed by atoms with van der Waals surface area (Å²) in [6.45, 7) is 0.504. The standard InChI is InChI=1S/C13H18N2O4/c14-8-11-4-2-1-3-10(11)7-12(16)15-5-6-19-9-13(17)18/h1-4H,5-9,14H2,(H,15,16)(H,17,18). The Morgan fingerprint density at radius 3 is 2.58 bits per heavy atom. The van der Waals surface area contributed by atoms with E-state index in [1.807, 2.05) is 24.3 Å². The zero-order valence-corrected chi connectivity index (χ0v) is 10.6. The van der Waals surface area contributed by atoms with Gasteiger partial charge in [0.05, 0.1) is 13.0 Å². The van der Waals surface area contributed by atoms with E-state index < -0.39 is 5.97 Å². The van der Waals surface area contributed by atoms with Crippen molar-refractivity contribution in [2.75, 3.05) is 19.8 Å². The molecule has 0 fully saturated rings. The summed E-state index contributed by atoms with van der Waals surface area (Å²) in [5.74, 6) is -1.16. The highest BCUT2D eigenvalue weighted by Gasteiger charge is 2.06. The summed E-state index contributed by atoms with van der Waals surface area (Å²) in [4.78, 5) is 21.8. The van der Waals surface area contributed by atoms with Gasteiger partial charge < -0.3 is 20.9 Å². The molecule has 0 aliphatic rings. The summed E-state index contributed by atoms with van der Waals surface area (Å²) in [7, 11) is 0. The number of amides is 1. The molecule has 0 aromatic heterocycles. The van der Waals surface area contributed by atoms with Crippen molar-refractivity contribution in [3.05, 3.63) is 35.4 Å². The van der Waals surface area contributed by atoms with Gasteiger partial charge in [0.1, 0.15) is 6.61 Å². The van der Waals surface area contributed by atoms with Crippen LogP contribution < -0.4 is 11.1 Å². The van der Waals surface area contributed by atoms with Crippen molar-refractivity contribution >= 4 is 11.9 Å². The molecular weight excluding hydrogens is 248 g/mol. The van der Waals surface area contributed by atoms with Gasteiger partial charge in [-0.2, -0.15) is 0 Å². The molecule has 1 rings (SSSR count). The summed E-state index contributed by atoms with van der Waals surface area (Å²) in [5.41, 5.74) is 7.43. The Morgan fingerprint density at radius 1 is 1.26 bits per heavy atom. The van der Waals surface area contributed by atoms with Crippen LogP contribution in [0.5, 0.6) is 0 Å². The number of aliphatic carboxylic acids is 1. The molecule has 0 aliphatic heterocycles. The van der Waals surface area contributed by atoms with E-state index >= 15 is 0 Å². The van der Waals surface area contributed by atoms with Crippen molar-refractivity contribution in [2.24, 2.45) is 5.73 Å². The van der Waals surface area contributed by atoms with Crippen molar-refractivity contribution in [1.82, 2.24) is 5.32 Å². The van der Waals surface area contributed by atoms with Crippen LogP contribution in [0, 0.1) is 0 Å². The molecule has 104 valence electrons. The van der Waals surface area contributed by atoms with Gasteiger partial charge in [-0.1, -0.05) is 24.3 Å². The molecule has 19 heavy (non-hydrogen) atoms. The van der Waals surface area contributed by atoms with E-state index in [0.717, 1.165) is 11.1 Å². The monoisotopic (exact) mass is 266 g/mol. The summed E-state index contributed by atoms with van der Waals surface area (Å²) < 4.78 is 4.81. The SMILES string of the molecule is NCc1ccccc1CC(=O)NCCOCC(=O)O. The third kappa shape index (κ3) is 5.98. The number of carboxylic acids is 1. The highest BCUT2D eigenvalue weighted by atomic mass is 16.5. The second-order valence-electron chi connectivity index (χ2n) is 3.95. The fourth-order valence-corrected chi connectivity index (χ4v) is 1.59. The molecule has 6 nitrogen and oxygen atoms in total. The van der Waals surface area contributed by atoms with Gasteiger partial charge in [-0.3, -0.25) is 4.79 Å². The highest BCUT2D eigenvalue weighted by molar-refractivity contribution is 5.78. The minimum atomic E-state index is -1.02. The van der Waals surface area contributed by atoms with Gasteiger partial charge in [-0.05, 0) is 11.1 Å². The van der Waals surface area contributed by atoms with E-state index in [2.05, 4.69) is 5.32 Å². The smallest absolute Gasteiger partial charge is 0.329 e. The largest absolute Gasteiger partial charge is 0.480 e. The summed E-state index contributed by atoms with van der Waals surface area (Å²) >= 11 is 0. The molecule has 0 atom stereocenters. The van der Waals surface area contributed by atoms with Gasteiger partial charge in [0.2, 0.25) is 5.91 Å². The van der Waals surface area contributed by atoms with Crippen LogP contribution >= 0.6 is 0 Å². The zero-order chi connectivity index (χ0) is 14.1. The topological polar surface area (TPSA) is 102 Å². The number of nitrogens with one attached hydrogen (secondary N) is 1. The summed E-state index contributed by atoms with van der Waals surface area (Å²) in [6.07, 6.45) is 0.256. The second kappa shape index (κ2) is 8.23. The number of benzene rings is 1. The van der Waals surface area contributed by atoms with Crippen LogP contribution in [0.1, 0.15) is 11.1 Å². The minimum absolute atomic E-state index is 0.139. The molecular formula is C13H18N2O4. The van der Waals surface area contributed by atoms with Crippen LogP contribution in [0.3, 0.4) is 0 Å². The Kier molecular flexibility index (Phi) is 6.56.